The minimum atomic E-state index is -4.49. The number of primary amides is 1. The third kappa shape index (κ3) is 5.96. The molecular formula is C20H20F3N5O3. The van der Waals surface area contributed by atoms with Crippen LogP contribution in [0.3, 0.4) is 0 Å². The molecule has 11 heteroatoms. The van der Waals surface area contributed by atoms with Crippen LogP contribution < -0.4 is 27.0 Å². The summed E-state index contributed by atoms with van der Waals surface area (Å²) in [5.41, 5.74) is 12.9. The van der Waals surface area contributed by atoms with Crippen LogP contribution in [-0.4, -0.2) is 31.1 Å². The average Bonchev–Trinajstić information content (AvgIpc) is 3.16. The quantitative estimate of drug-likeness (QED) is 0.503. The highest BCUT2D eigenvalue weighted by atomic mass is 19.4. The molecule has 1 heterocycles. The number of rotatable bonds is 8. The Morgan fingerprint density at radius 1 is 1.03 bits per heavy atom. The van der Waals surface area contributed by atoms with Crippen molar-refractivity contribution in [1.29, 1.82) is 0 Å². The summed E-state index contributed by atoms with van der Waals surface area (Å²) in [4.78, 5) is 23.6. The standard InChI is InChI=1S/C20H20F3N5O3/c21-20(22,23)12-25-19(30)14-6-8-15(9-7-14)28-16(17(18(24)29)26-27-28)11-31-10-13-4-2-1-3-5-13/h1-9,26-27H,10-12H2,(H2,24,29)(H,25,30). The van der Waals surface area contributed by atoms with E-state index in [1.54, 1.807) is 5.32 Å². The van der Waals surface area contributed by atoms with Gasteiger partial charge in [-0.1, -0.05) is 30.3 Å². The zero-order valence-electron chi connectivity index (χ0n) is 16.2. The number of alkyl halides is 3. The predicted molar refractivity (Wildman–Crippen MR) is 106 cm³/mol. The summed E-state index contributed by atoms with van der Waals surface area (Å²) < 4.78 is 42.5. The number of carbonyl (C=O) groups excluding carboxylic acids is 2. The summed E-state index contributed by atoms with van der Waals surface area (Å²) in [7, 11) is 0. The Morgan fingerprint density at radius 3 is 2.32 bits per heavy atom. The van der Waals surface area contributed by atoms with Gasteiger partial charge in [0.15, 0.2) is 0 Å². The van der Waals surface area contributed by atoms with E-state index in [0.29, 0.717) is 18.0 Å². The third-order valence-electron chi connectivity index (χ3n) is 4.29. The summed E-state index contributed by atoms with van der Waals surface area (Å²) in [5, 5.41) is 3.31. The molecule has 0 atom stereocenters. The lowest BCUT2D eigenvalue weighted by Crippen LogP contribution is -2.39. The first-order valence-corrected chi connectivity index (χ1v) is 9.16. The first-order valence-electron chi connectivity index (χ1n) is 9.16. The third-order valence-corrected chi connectivity index (χ3v) is 4.29. The fraction of sp³-hybridized carbons (Fsp3) is 0.200. The van der Waals surface area contributed by atoms with E-state index < -0.39 is 24.5 Å². The highest BCUT2D eigenvalue weighted by molar-refractivity contribution is 5.95. The monoisotopic (exact) mass is 435 g/mol. The van der Waals surface area contributed by atoms with Crippen LogP contribution in [0.25, 0.3) is 0 Å². The molecule has 0 bridgehead atoms. The van der Waals surface area contributed by atoms with E-state index >= 15 is 0 Å². The van der Waals surface area contributed by atoms with Crippen LogP contribution in [-0.2, 0) is 16.1 Å². The second-order valence-electron chi connectivity index (χ2n) is 6.58. The summed E-state index contributed by atoms with van der Waals surface area (Å²) >= 11 is 0. The summed E-state index contributed by atoms with van der Waals surface area (Å²) in [5.74, 6) is -1.55. The van der Waals surface area contributed by atoms with Gasteiger partial charge in [0.1, 0.15) is 12.2 Å². The zero-order valence-corrected chi connectivity index (χ0v) is 16.2. The molecule has 1 aliphatic heterocycles. The molecule has 2 aromatic rings. The fourth-order valence-corrected chi connectivity index (χ4v) is 2.81. The maximum atomic E-state index is 12.3. The van der Waals surface area contributed by atoms with E-state index in [1.165, 1.54) is 29.3 Å². The van der Waals surface area contributed by atoms with Gasteiger partial charge >= 0.3 is 6.18 Å². The molecule has 0 spiro atoms. The van der Waals surface area contributed by atoms with Crippen molar-refractivity contribution in [2.24, 2.45) is 5.73 Å². The minimum Gasteiger partial charge on any atom is -0.370 e. The second kappa shape index (κ2) is 9.49. The lowest BCUT2D eigenvalue weighted by Gasteiger charge is -2.21. The van der Waals surface area contributed by atoms with Crippen LogP contribution >= 0.6 is 0 Å². The Balaban J connectivity index is 1.69. The van der Waals surface area contributed by atoms with Gasteiger partial charge in [-0.05, 0) is 29.8 Å². The number of anilines is 1. The molecule has 31 heavy (non-hydrogen) atoms. The molecule has 0 saturated carbocycles. The van der Waals surface area contributed by atoms with Crippen LogP contribution in [0.5, 0.6) is 0 Å². The van der Waals surface area contributed by atoms with Crippen LogP contribution in [0.2, 0.25) is 0 Å². The first-order chi connectivity index (χ1) is 14.7. The Bertz CT molecular complexity index is 962. The van der Waals surface area contributed by atoms with Gasteiger partial charge in [-0.3, -0.25) is 20.0 Å². The van der Waals surface area contributed by atoms with Gasteiger partial charge in [0, 0.05) is 5.56 Å². The lowest BCUT2D eigenvalue weighted by atomic mass is 10.2. The molecule has 0 unspecified atom stereocenters. The molecule has 0 aromatic heterocycles. The van der Waals surface area contributed by atoms with Gasteiger partial charge in [0.25, 0.3) is 11.8 Å². The number of hydrazine groups is 2. The van der Waals surface area contributed by atoms with Gasteiger partial charge < -0.3 is 15.8 Å². The Hall–Kier alpha value is -3.57. The molecule has 1 aliphatic rings. The van der Waals surface area contributed by atoms with Crippen molar-refractivity contribution >= 4 is 17.5 Å². The average molecular weight is 435 g/mol. The number of amides is 2. The minimum absolute atomic E-state index is 0.0426. The summed E-state index contributed by atoms with van der Waals surface area (Å²) in [6, 6.07) is 15.2. The van der Waals surface area contributed by atoms with Gasteiger partial charge in [0.2, 0.25) is 0 Å². The number of halogens is 3. The summed E-state index contributed by atoms with van der Waals surface area (Å²) in [6.07, 6.45) is -4.49. The Labute approximate surface area is 175 Å². The number of benzene rings is 2. The van der Waals surface area contributed by atoms with Gasteiger partial charge in [-0.15, -0.1) is 5.53 Å². The number of nitrogens with zero attached hydrogens (tertiary/aromatic N) is 1. The van der Waals surface area contributed by atoms with Crippen molar-refractivity contribution in [1.82, 2.24) is 16.3 Å². The highest BCUT2D eigenvalue weighted by Gasteiger charge is 2.29. The van der Waals surface area contributed by atoms with Crippen molar-refractivity contribution < 1.29 is 27.5 Å². The molecule has 0 aliphatic carbocycles. The van der Waals surface area contributed by atoms with Gasteiger partial charge in [-0.2, -0.15) is 13.2 Å². The van der Waals surface area contributed by atoms with Crippen molar-refractivity contribution in [2.45, 2.75) is 12.8 Å². The number of ether oxygens (including phenoxy) is 1. The van der Waals surface area contributed by atoms with Crippen LogP contribution in [0.1, 0.15) is 15.9 Å². The molecule has 8 nitrogen and oxygen atoms in total. The van der Waals surface area contributed by atoms with Crippen LogP contribution in [0.15, 0.2) is 66.0 Å². The van der Waals surface area contributed by atoms with E-state index in [9.17, 15) is 22.8 Å². The smallest absolute Gasteiger partial charge is 0.370 e. The maximum absolute atomic E-state index is 12.3. The SMILES string of the molecule is NC(=O)C1=C(COCc2ccccc2)N(c2ccc(C(=O)NCC(F)(F)F)cc2)NN1. The van der Waals surface area contributed by atoms with Crippen molar-refractivity contribution in [2.75, 3.05) is 18.2 Å². The molecule has 2 amide bonds. The van der Waals surface area contributed by atoms with E-state index in [4.69, 9.17) is 10.5 Å². The van der Waals surface area contributed by atoms with Crippen LogP contribution in [0.4, 0.5) is 18.9 Å². The second-order valence-corrected chi connectivity index (χ2v) is 6.58. The van der Waals surface area contributed by atoms with Gasteiger partial charge in [-0.25, -0.2) is 0 Å². The van der Waals surface area contributed by atoms with E-state index in [-0.39, 0.29) is 17.9 Å². The first kappa shape index (κ1) is 22.1. The number of hydrogen-bond donors (Lipinski definition) is 4. The molecule has 164 valence electrons. The lowest BCUT2D eigenvalue weighted by molar-refractivity contribution is -0.123. The number of carbonyl (C=O) groups is 2. The number of nitrogens with one attached hydrogen (secondary N) is 3. The molecule has 5 N–H and O–H groups in total. The van der Waals surface area contributed by atoms with Crippen molar-refractivity contribution in [3.63, 3.8) is 0 Å². The molecule has 2 aromatic carbocycles. The number of nitrogens with two attached hydrogens (primary N) is 1. The fourth-order valence-electron chi connectivity index (χ4n) is 2.81. The zero-order chi connectivity index (χ0) is 22.4. The predicted octanol–water partition coefficient (Wildman–Crippen LogP) is 1.72. The molecule has 0 saturated heterocycles. The van der Waals surface area contributed by atoms with E-state index in [1.807, 2.05) is 30.3 Å². The number of hydrogen-bond acceptors (Lipinski definition) is 6. The molecule has 3 rings (SSSR count). The summed E-state index contributed by atoms with van der Waals surface area (Å²) in [6.45, 7) is -1.07. The largest absolute Gasteiger partial charge is 0.405 e. The molecule has 0 fully saturated rings. The van der Waals surface area contributed by atoms with E-state index in [2.05, 4.69) is 11.0 Å². The molecular weight excluding hydrogens is 415 g/mol. The van der Waals surface area contributed by atoms with Crippen LogP contribution in [0, 0.1) is 0 Å². The topological polar surface area (TPSA) is 109 Å². The Kier molecular flexibility index (Phi) is 6.78. The highest BCUT2D eigenvalue weighted by Crippen LogP contribution is 2.23. The van der Waals surface area contributed by atoms with Crippen molar-refractivity contribution in [3.8, 4) is 0 Å². The normalized spacial score (nSPS) is 13.8. The van der Waals surface area contributed by atoms with Crippen molar-refractivity contribution in [3.05, 3.63) is 77.1 Å². The molecule has 0 radical (unpaired) electrons. The van der Waals surface area contributed by atoms with Gasteiger partial charge in [0.05, 0.1) is 24.6 Å². The van der Waals surface area contributed by atoms with E-state index in [0.717, 1.165) is 5.56 Å². The maximum Gasteiger partial charge on any atom is 0.405 e. The Morgan fingerprint density at radius 2 is 1.71 bits per heavy atom.